The highest BCUT2D eigenvalue weighted by Crippen LogP contribution is 2.55. The summed E-state index contributed by atoms with van der Waals surface area (Å²) < 4.78 is 23.8. The van der Waals surface area contributed by atoms with Crippen molar-refractivity contribution in [2.24, 2.45) is 0 Å². The molecule has 11 aromatic carbocycles. The highest BCUT2D eigenvalue weighted by atomic mass is 16.3. The van der Waals surface area contributed by atoms with Crippen molar-refractivity contribution in [1.29, 1.82) is 5.26 Å². The molecule has 0 aliphatic heterocycles. The summed E-state index contributed by atoms with van der Waals surface area (Å²) in [6.07, 6.45) is 0. The van der Waals surface area contributed by atoms with Crippen LogP contribution in [0.1, 0.15) is 84.6 Å². The Bertz CT molecular complexity index is 5770. The quantitative estimate of drug-likeness (QED) is 0.165. The maximum atomic E-state index is 13.1. The molecule has 0 aliphatic rings. The van der Waals surface area contributed by atoms with E-state index in [4.69, 9.17) is 13.7 Å². The van der Waals surface area contributed by atoms with Crippen LogP contribution in [0.5, 0.6) is 0 Å². The van der Waals surface area contributed by atoms with Gasteiger partial charge in [-0.2, -0.15) is 5.26 Å². The minimum Gasteiger partial charge on any atom is -0.454 e. The number of aromatic nitrogens is 4. The van der Waals surface area contributed by atoms with Crippen molar-refractivity contribution in [3.8, 4) is 28.8 Å². The predicted octanol–water partition coefficient (Wildman–Crippen LogP) is 22.2. The lowest BCUT2D eigenvalue weighted by atomic mass is 9.82. The Balaban J connectivity index is 1.22. The van der Waals surface area contributed by atoms with Gasteiger partial charge >= 0.3 is 0 Å². The smallest absolute Gasteiger partial charge is 0.237 e. The summed E-state index contributed by atoms with van der Waals surface area (Å²) in [6, 6.07) is 74.1. The maximum Gasteiger partial charge on any atom is 0.237 e. The van der Waals surface area contributed by atoms with Crippen molar-refractivity contribution >= 4 is 137 Å². The minimum atomic E-state index is -0.314. The first kappa shape index (κ1) is 51.6. The molecule has 6 heterocycles. The first-order valence-electron chi connectivity index (χ1n) is 30.3. The molecule has 17 aromatic rings. The van der Waals surface area contributed by atoms with Gasteiger partial charge in [-0.25, -0.2) is 4.85 Å². The van der Waals surface area contributed by atoms with Crippen LogP contribution in [0, 0.1) is 17.9 Å². The normalized spacial score (nSPS) is 12.8. The lowest BCUT2D eigenvalue weighted by molar-refractivity contribution is 0.591. The molecule has 0 aliphatic carbocycles. The van der Waals surface area contributed by atoms with Gasteiger partial charge in [0, 0.05) is 64.6 Å². The van der Waals surface area contributed by atoms with Crippen LogP contribution in [-0.4, -0.2) is 18.3 Å². The van der Waals surface area contributed by atoms with E-state index in [2.05, 4.69) is 263 Å². The molecule has 0 saturated carbocycles. The number of hydrogen-bond acceptors (Lipinski definition) is 3. The zero-order chi connectivity index (χ0) is 60.0. The van der Waals surface area contributed by atoms with Crippen LogP contribution in [0.2, 0.25) is 0 Å². The molecule has 17 rings (SSSR count). The summed E-state index contributed by atoms with van der Waals surface area (Å²) in [5.41, 5.74) is 15.7. The van der Waals surface area contributed by atoms with Gasteiger partial charge in [-0.15, -0.1) is 0 Å². The Kier molecular flexibility index (Phi) is 10.5. The number of furan rings is 2. The molecule has 0 spiro atoms. The molecule has 422 valence electrons. The number of rotatable bonds is 4. The number of para-hydroxylation sites is 6. The zero-order valence-corrected chi connectivity index (χ0v) is 50.6. The Morgan fingerprint density at radius 2 is 0.784 bits per heavy atom. The number of fused-ring (bicyclic) bond motifs is 20. The van der Waals surface area contributed by atoms with E-state index < -0.39 is 0 Å². The topological polar surface area (TPSA) is 74.2 Å². The predicted molar refractivity (Wildman–Crippen MR) is 365 cm³/mol. The highest BCUT2D eigenvalue weighted by Gasteiger charge is 2.37. The Labute approximate surface area is 507 Å². The third-order valence-electron chi connectivity index (χ3n) is 18.8. The van der Waals surface area contributed by atoms with Crippen molar-refractivity contribution in [2.75, 3.05) is 0 Å². The van der Waals surface area contributed by atoms with E-state index in [1.165, 1.54) is 5.56 Å². The first-order chi connectivity index (χ1) is 42.5. The van der Waals surface area contributed by atoms with Crippen molar-refractivity contribution in [3.63, 3.8) is 0 Å². The highest BCUT2D eigenvalue weighted by molar-refractivity contribution is 6.26. The van der Waals surface area contributed by atoms with Gasteiger partial charge in [0.05, 0.1) is 79.0 Å². The lowest BCUT2D eigenvalue weighted by Crippen LogP contribution is -2.15. The van der Waals surface area contributed by atoms with E-state index in [1.807, 2.05) is 24.3 Å². The fraction of sp³-hybridized carbons (Fsp3) is 0.150. The summed E-state index contributed by atoms with van der Waals surface area (Å²) in [5.74, 6) is 0. The summed E-state index contributed by atoms with van der Waals surface area (Å²) >= 11 is 0. The van der Waals surface area contributed by atoms with Crippen molar-refractivity contribution < 1.29 is 8.83 Å². The second kappa shape index (κ2) is 17.9. The van der Waals surface area contributed by atoms with Crippen molar-refractivity contribution in [2.45, 2.75) is 78.6 Å². The molecular weight excluding hydrogens is 1080 g/mol. The number of nitrogens with zero attached hydrogens (tertiary/aromatic N) is 6. The molecule has 0 amide bonds. The van der Waals surface area contributed by atoms with E-state index in [0.29, 0.717) is 39.6 Å². The van der Waals surface area contributed by atoms with Crippen LogP contribution in [0.4, 0.5) is 5.69 Å². The number of hydrogen-bond donors (Lipinski definition) is 0. The van der Waals surface area contributed by atoms with Gasteiger partial charge in [-0.05, 0) is 106 Å². The van der Waals surface area contributed by atoms with Gasteiger partial charge in [0.15, 0.2) is 11.2 Å². The van der Waals surface area contributed by atoms with Crippen LogP contribution < -0.4 is 0 Å². The van der Waals surface area contributed by atoms with E-state index in [0.717, 1.165) is 137 Å². The zero-order valence-electron chi connectivity index (χ0n) is 50.6. The third kappa shape index (κ3) is 6.94. The Morgan fingerprint density at radius 3 is 1.30 bits per heavy atom. The van der Waals surface area contributed by atoms with E-state index in [1.54, 1.807) is 0 Å². The molecule has 0 N–H and O–H groups in total. The summed E-state index contributed by atoms with van der Waals surface area (Å²) in [5, 5.41) is 25.2. The second-order valence-corrected chi connectivity index (χ2v) is 27.0. The molecule has 0 fully saturated rings. The molecule has 0 unspecified atom stereocenters. The fourth-order valence-electron chi connectivity index (χ4n) is 14.7. The molecule has 8 heteroatoms. The minimum absolute atomic E-state index is 0.199. The van der Waals surface area contributed by atoms with Crippen LogP contribution >= 0.6 is 0 Å². The summed E-state index contributed by atoms with van der Waals surface area (Å²) in [7, 11) is 0. The average Bonchev–Trinajstić information content (AvgIpc) is 1.48. The van der Waals surface area contributed by atoms with Gasteiger partial charge in [0.25, 0.3) is 0 Å². The van der Waals surface area contributed by atoms with Crippen molar-refractivity contribution in [3.05, 3.63) is 234 Å². The molecule has 0 saturated heterocycles. The third-order valence-corrected chi connectivity index (χ3v) is 18.8. The molecule has 0 atom stereocenters. The van der Waals surface area contributed by atoms with Crippen LogP contribution in [0.25, 0.3) is 159 Å². The van der Waals surface area contributed by atoms with Crippen LogP contribution in [-0.2, 0) is 16.2 Å². The number of benzene rings is 11. The molecule has 8 nitrogen and oxygen atoms in total. The second-order valence-electron chi connectivity index (χ2n) is 27.0. The van der Waals surface area contributed by atoms with E-state index in [-0.39, 0.29) is 16.2 Å². The number of nitriles is 1. The maximum absolute atomic E-state index is 13.1. The molecular formula is C80H60N6O2. The van der Waals surface area contributed by atoms with Crippen LogP contribution in [0.15, 0.2) is 209 Å². The standard InChI is InChI=1S/C80H60N6O2/c1-78(2,3)45-35-39-64-55(41-45)52-37-38-53-51-27-15-21-33-66(51)87-76(53)72(52)85(64)70-58(44-81)71(83-60-29-17-11-23-47(60)48-24-12-18-30-61(48)83)75(74(69(70)82-10)84-62-31-19-13-25-49(62)50-26-14-20-32-63(50)84)86-65-40-36-46(79(4,5)6)42-56(65)57-43-59(80(7,8)9)68-54-28-16-22-34-67(54)88-77(68)73(57)86/h11-43H,1-9H3. The van der Waals surface area contributed by atoms with E-state index >= 15 is 0 Å². The van der Waals surface area contributed by atoms with Crippen molar-refractivity contribution in [1.82, 2.24) is 18.3 Å². The molecule has 88 heavy (non-hydrogen) atoms. The SMILES string of the molecule is [C-]#[N+]c1c(-n2c3ccccc3c3ccccc32)c(-n2c3ccc(C(C)(C)C)cc3c3cc(C(C)(C)C)c4c5ccccc5oc4c32)c(-n2c3ccccc3c3ccccc32)c(C#N)c1-n1c2ccc(C(C)(C)C)cc2c2ccc3c4ccccc4oc3c21. The van der Waals surface area contributed by atoms with Gasteiger partial charge in [-0.1, -0.05) is 190 Å². The lowest BCUT2D eigenvalue weighted by Gasteiger charge is -2.28. The summed E-state index contributed by atoms with van der Waals surface area (Å²) in [4.78, 5) is 4.95. The first-order valence-corrected chi connectivity index (χ1v) is 30.3. The molecule has 0 bridgehead atoms. The van der Waals surface area contributed by atoms with Gasteiger partial charge in [-0.3, -0.25) is 0 Å². The largest absolute Gasteiger partial charge is 0.454 e. The average molecular weight is 1140 g/mol. The van der Waals surface area contributed by atoms with Gasteiger partial charge in [0.2, 0.25) is 5.69 Å². The molecule has 6 aromatic heterocycles. The molecule has 0 radical (unpaired) electrons. The Morgan fingerprint density at radius 1 is 0.364 bits per heavy atom. The fourth-order valence-corrected chi connectivity index (χ4v) is 14.7. The van der Waals surface area contributed by atoms with Crippen LogP contribution in [0.3, 0.4) is 0 Å². The van der Waals surface area contributed by atoms with E-state index in [9.17, 15) is 11.8 Å². The Hall–Kier alpha value is -10.8. The monoisotopic (exact) mass is 1140 g/mol. The van der Waals surface area contributed by atoms with Gasteiger partial charge in [0.1, 0.15) is 17.2 Å². The van der Waals surface area contributed by atoms with Gasteiger partial charge < -0.3 is 27.1 Å². The summed E-state index contributed by atoms with van der Waals surface area (Å²) in [6.45, 7) is 30.6.